The Morgan fingerprint density at radius 1 is 0.893 bits per heavy atom. The molecule has 150 valence electrons. The Kier molecular flexibility index (Phi) is 6.80. The van der Waals surface area contributed by atoms with E-state index < -0.39 is 17.6 Å². The molecule has 0 atom stereocenters. The molecule has 5 nitrogen and oxygen atoms in total. The molecule has 0 heterocycles. The quantitative estimate of drug-likeness (QED) is 0.784. The molecule has 0 bridgehead atoms. The first kappa shape index (κ1) is 21.4. The van der Waals surface area contributed by atoms with Gasteiger partial charge in [-0.3, -0.25) is 14.5 Å². The van der Waals surface area contributed by atoms with E-state index in [0.717, 1.165) is 23.3 Å². The van der Waals surface area contributed by atoms with Gasteiger partial charge in [0.15, 0.2) is 0 Å². The van der Waals surface area contributed by atoms with Gasteiger partial charge in [-0.25, -0.2) is 0 Å². The lowest BCUT2D eigenvalue weighted by Gasteiger charge is -2.17. The number of carbonyl (C=O) groups is 2. The summed E-state index contributed by atoms with van der Waals surface area (Å²) in [5, 5.41) is 5.16. The number of nitrogens with zero attached hydrogens (tertiary/aromatic N) is 1. The van der Waals surface area contributed by atoms with Crippen molar-refractivity contribution in [3.8, 4) is 0 Å². The second-order valence-electron chi connectivity index (χ2n) is 6.65. The number of alkyl halides is 3. The van der Waals surface area contributed by atoms with Gasteiger partial charge in [0, 0.05) is 11.4 Å². The maximum absolute atomic E-state index is 12.7. The molecule has 0 aliphatic carbocycles. The maximum Gasteiger partial charge on any atom is 0.416 e. The third kappa shape index (κ3) is 6.38. The molecule has 0 radical (unpaired) electrons. The fourth-order valence-corrected chi connectivity index (χ4v) is 2.54. The van der Waals surface area contributed by atoms with Crippen LogP contribution in [0.1, 0.15) is 16.7 Å². The number of hydrogen-bond acceptors (Lipinski definition) is 3. The standard InChI is InChI=1S/C20H22F3N3O2/c1-13-7-8-17(9-14(13)2)25-19(28)12-26(3)11-18(27)24-16-6-4-5-15(10-16)20(21,22)23/h4-10H,11-12H2,1-3H3,(H,24,27)(H,25,28). The molecule has 2 amide bonds. The topological polar surface area (TPSA) is 61.4 Å². The number of nitrogens with one attached hydrogen (secondary N) is 2. The van der Waals surface area contributed by atoms with Crippen LogP contribution in [-0.2, 0) is 15.8 Å². The molecule has 28 heavy (non-hydrogen) atoms. The molecular weight excluding hydrogens is 371 g/mol. The first-order valence-electron chi connectivity index (χ1n) is 8.57. The van der Waals surface area contributed by atoms with Gasteiger partial charge in [0.05, 0.1) is 18.7 Å². The van der Waals surface area contributed by atoms with E-state index in [1.54, 1.807) is 13.1 Å². The van der Waals surface area contributed by atoms with Gasteiger partial charge in [-0.1, -0.05) is 12.1 Å². The lowest BCUT2D eigenvalue weighted by Crippen LogP contribution is -2.36. The van der Waals surface area contributed by atoms with Crippen LogP contribution in [0.2, 0.25) is 0 Å². The molecule has 2 aromatic rings. The van der Waals surface area contributed by atoms with Crippen molar-refractivity contribution in [3.05, 3.63) is 59.2 Å². The summed E-state index contributed by atoms with van der Waals surface area (Å²) in [6.45, 7) is 3.73. The van der Waals surface area contributed by atoms with Crippen LogP contribution < -0.4 is 10.6 Å². The van der Waals surface area contributed by atoms with Gasteiger partial charge in [0.2, 0.25) is 11.8 Å². The molecule has 2 aromatic carbocycles. The minimum atomic E-state index is -4.48. The molecule has 0 fully saturated rings. The van der Waals surface area contributed by atoms with Crippen LogP contribution >= 0.6 is 0 Å². The number of aryl methyl sites for hydroxylation is 2. The van der Waals surface area contributed by atoms with Gasteiger partial charge in [-0.15, -0.1) is 0 Å². The minimum Gasteiger partial charge on any atom is -0.325 e. The van der Waals surface area contributed by atoms with Crippen LogP contribution in [0, 0.1) is 13.8 Å². The largest absolute Gasteiger partial charge is 0.416 e. The molecule has 0 unspecified atom stereocenters. The summed E-state index contributed by atoms with van der Waals surface area (Å²) in [5.74, 6) is -0.807. The first-order valence-corrected chi connectivity index (χ1v) is 8.57. The Labute approximate surface area is 161 Å². The van der Waals surface area contributed by atoms with E-state index in [0.29, 0.717) is 5.69 Å². The van der Waals surface area contributed by atoms with Crippen molar-refractivity contribution < 1.29 is 22.8 Å². The summed E-state index contributed by atoms with van der Waals surface area (Å²) in [6.07, 6.45) is -4.48. The molecule has 0 aliphatic rings. The molecule has 0 saturated heterocycles. The Bertz CT molecular complexity index is 866. The average Bonchev–Trinajstić information content (AvgIpc) is 2.57. The highest BCUT2D eigenvalue weighted by molar-refractivity contribution is 5.94. The van der Waals surface area contributed by atoms with Gasteiger partial charge in [0.25, 0.3) is 0 Å². The van der Waals surface area contributed by atoms with Gasteiger partial charge in [0.1, 0.15) is 0 Å². The van der Waals surface area contributed by atoms with E-state index in [9.17, 15) is 22.8 Å². The molecule has 2 N–H and O–H groups in total. The average molecular weight is 393 g/mol. The summed E-state index contributed by atoms with van der Waals surface area (Å²) in [4.78, 5) is 25.6. The summed E-state index contributed by atoms with van der Waals surface area (Å²) < 4.78 is 38.2. The predicted molar refractivity (Wildman–Crippen MR) is 102 cm³/mol. The zero-order valence-electron chi connectivity index (χ0n) is 15.9. The second kappa shape index (κ2) is 8.88. The molecular formula is C20H22F3N3O2. The summed E-state index contributed by atoms with van der Waals surface area (Å²) in [5.41, 5.74) is 2.03. The van der Waals surface area contributed by atoms with Crippen LogP contribution in [0.15, 0.2) is 42.5 Å². The smallest absolute Gasteiger partial charge is 0.325 e. The zero-order chi connectivity index (χ0) is 20.9. The van der Waals surface area contributed by atoms with Crippen molar-refractivity contribution in [2.45, 2.75) is 20.0 Å². The highest BCUT2D eigenvalue weighted by Gasteiger charge is 2.30. The van der Waals surface area contributed by atoms with Crippen molar-refractivity contribution in [2.24, 2.45) is 0 Å². The van der Waals surface area contributed by atoms with Crippen molar-refractivity contribution in [3.63, 3.8) is 0 Å². The number of anilines is 2. The SMILES string of the molecule is Cc1ccc(NC(=O)CN(C)CC(=O)Nc2cccc(C(F)(F)F)c2)cc1C. The lowest BCUT2D eigenvalue weighted by atomic mass is 10.1. The van der Waals surface area contributed by atoms with Crippen LogP contribution in [0.5, 0.6) is 0 Å². The third-order valence-corrected chi connectivity index (χ3v) is 4.09. The van der Waals surface area contributed by atoms with Crippen LogP contribution in [0.4, 0.5) is 24.5 Å². The van der Waals surface area contributed by atoms with Gasteiger partial charge >= 0.3 is 6.18 Å². The lowest BCUT2D eigenvalue weighted by molar-refractivity contribution is -0.137. The van der Waals surface area contributed by atoms with E-state index in [1.165, 1.54) is 17.0 Å². The van der Waals surface area contributed by atoms with Gasteiger partial charge < -0.3 is 10.6 Å². The fraction of sp³-hybridized carbons (Fsp3) is 0.300. The van der Waals surface area contributed by atoms with E-state index in [-0.39, 0.29) is 24.7 Å². The van der Waals surface area contributed by atoms with Crippen molar-refractivity contribution >= 4 is 23.2 Å². The first-order chi connectivity index (χ1) is 13.0. The van der Waals surface area contributed by atoms with Gasteiger partial charge in [-0.05, 0) is 62.4 Å². The Balaban J connectivity index is 1.86. The molecule has 0 spiro atoms. The molecule has 8 heteroatoms. The Morgan fingerprint density at radius 2 is 1.46 bits per heavy atom. The molecule has 0 aromatic heterocycles. The number of benzene rings is 2. The summed E-state index contributed by atoms with van der Waals surface area (Å²) >= 11 is 0. The van der Waals surface area contributed by atoms with E-state index in [2.05, 4.69) is 10.6 Å². The number of carbonyl (C=O) groups excluding carboxylic acids is 2. The minimum absolute atomic E-state index is 0.0388. The highest BCUT2D eigenvalue weighted by Crippen LogP contribution is 2.30. The van der Waals surface area contributed by atoms with Crippen molar-refractivity contribution in [2.75, 3.05) is 30.8 Å². The number of rotatable bonds is 6. The number of hydrogen-bond donors (Lipinski definition) is 2. The third-order valence-electron chi connectivity index (χ3n) is 4.09. The van der Waals surface area contributed by atoms with Crippen LogP contribution in [0.3, 0.4) is 0 Å². The number of halogens is 3. The predicted octanol–water partition coefficient (Wildman–Crippen LogP) is 3.83. The number of likely N-dealkylation sites (N-methyl/N-ethyl adjacent to an activating group) is 1. The summed E-state index contributed by atoms with van der Waals surface area (Å²) in [6, 6.07) is 9.94. The van der Waals surface area contributed by atoms with E-state index in [1.807, 2.05) is 26.0 Å². The molecule has 0 aliphatic heterocycles. The van der Waals surface area contributed by atoms with E-state index in [4.69, 9.17) is 0 Å². The van der Waals surface area contributed by atoms with Crippen LogP contribution in [0.25, 0.3) is 0 Å². The highest BCUT2D eigenvalue weighted by atomic mass is 19.4. The van der Waals surface area contributed by atoms with Gasteiger partial charge in [-0.2, -0.15) is 13.2 Å². The monoisotopic (exact) mass is 393 g/mol. The Morgan fingerprint density at radius 3 is 2.00 bits per heavy atom. The molecule has 0 saturated carbocycles. The molecule has 2 rings (SSSR count). The summed E-state index contributed by atoms with van der Waals surface area (Å²) in [7, 11) is 1.58. The normalized spacial score (nSPS) is 11.4. The van der Waals surface area contributed by atoms with Crippen molar-refractivity contribution in [1.82, 2.24) is 4.90 Å². The number of amides is 2. The Hall–Kier alpha value is -2.87. The van der Waals surface area contributed by atoms with E-state index >= 15 is 0 Å². The zero-order valence-corrected chi connectivity index (χ0v) is 15.9. The second-order valence-corrected chi connectivity index (χ2v) is 6.65. The van der Waals surface area contributed by atoms with Crippen LogP contribution in [-0.4, -0.2) is 36.9 Å². The fourth-order valence-electron chi connectivity index (χ4n) is 2.54. The van der Waals surface area contributed by atoms with Crippen molar-refractivity contribution in [1.29, 1.82) is 0 Å². The maximum atomic E-state index is 12.7.